The van der Waals surface area contributed by atoms with Gasteiger partial charge in [-0.2, -0.15) is 0 Å². The number of halogens is 1. The van der Waals surface area contributed by atoms with E-state index in [2.05, 4.69) is 0 Å². The van der Waals surface area contributed by atoms with Crippen LogP contribution in [0.2, 0.25) is 0 Å². The molecule has 0 fully saturated rings. The van der Waals surface area contributed by atoms with Crippen molar-refractivity contribution >= 4 is 16.7 Å². The summed E-state index contributed by atoms with van der Waals surface area (Å²) in [6.45, 7) is 0. The van der Waals surface area contributed by atoms with E-state index in [0.717, 1.165) is 16.5 Å². The number of benzene rings is 3. The Morgan fingerprint density at radius 1 is 0.810 bits per heavy atom. The number of fused-ring (bicyclic) bond motifs is 2. The lowest BCUT2D eigenvalue weighted by molar-refractivity contribution is 0.0458. The lowest BCUT2D eigenvalue weighted by Crippen LogP contribution is -2.01. The number of ether oxygens (including phenoxy) is 1. The van der Waals surface area contributed by atoms with Crippen LogP contribution in [0, 0.1) is 5.82 Å². The maximum Gasteiger partial charge on any atom is 0.339 e. The highest BCUT2D eigenvalue weighted by atomic mass is 19.1. The van der Waals surface area contributed by atoms with Gasteiger partial charge in [0.05, 0.1) is 5.56 Å². The normalized spacial score (nSPS) is 16.8. The van der Waals surface area contributed by atoms with Crippen LogP contribution in [-0.2, 0) is 4.74 Å². The molecule has 1 heterocycles. The van der Waals surface area contributed by atoms with Gasteiger partial charge in [0, 0.05) is 16.5 Å². The highest BCUT2D eigenvalue weighted by molar-refractivity contribution is 5.96. The fourth-order valence-electron chi connectivity index (χ4n) is 2.90. The molecule has 0 unspecified atom stereocenters. The summed E-state index contributed by atoms with van der Waals surface area (Å²) in [7, 11) is 0. The van der Waals surface area contributed by atoms with Gasteiger partial charge in [-0.3, -0.25) is 0 Å². The molecule has 0 radical (unpaired) electrons. The Kier molecular flexibility index (Phi) is 2.54. The second-order valence-electron chi connectivity index (χ2n) is 5.05. The van der Waals surface area contributed by atoms with Crippen LogP contribution < -0.4 is 0 Å². The Bertz CT molecular complexity index is 870. The summed E-state index contributed by atoms with van der Waals surface area (Å²) in [5.74, 6) is -0.601. The predicted octanol–water partition coefficient (Wildman–Crippen LogP) is 4.24. The molecule has 1 atom stereocenters. The quantitative estimate of drug-likeness (QED) is 0.622. The summed E-state index contributed by atoms with van der Waals surface area (Å²) in [6.07, 6.45) is -0.473. The van der Waals surface area contributed by atoms with Gasteiger partial charge < -0.3 is 4.74 Å². The molecule has 0 amide bonds. The van der Waals surface area contributed by atoms with Crippen molar-refractivity contribution in [3.63, 3.8) is 0 Å². The van der Waals surface area contributed by atoms with Crippen molar-refractivity contribution in [3.05, 3.63) is 83.2 Å². The van der Waals surface area contributed by atoms with Crippen molar-refractivity contribution < 1.29 is 13.9 Å². The Hall–Kier alpha value is -2.68. The Morgan fingerprint density at radius 3 is 2.43 bits per heavy atom. The van der Waals surface area contributed by atoms with Crippen LogP contribution in [0.4, 0.5) is 4.39 Å². The maximum absolute atomic E-state index is 13.9. The monoisotopic (exact) mass is 278 g/mol. The molecule has 3 heteroatoms. The van der Waals surface area contributed by atoms with Crippen molar-refractivity contribution in [2.45, 2.75) is 6.10 Å². The lowest BCUT2D eigenvalue weighted by atomic mass is 9.95. The molecule has 3 aromatic carbocycles. The highest BCUT2D eigenvalue weighted by Gasteiger charge is 2.32. The fourth-order valence-corrected chi connectivity index (χ4v) is 2.90. The average Bonchev–Trinajstić information content (AvgIpc) is 2.85. The molecule has 0 bridgehead atoms. The second kappa shape index (κ2) is 4.42. The topological polar surface area (TPSA) is 26.3 Å². The van der Waals surface area contributed by atoms with Gasteiger partial charge >= 0.3 is 5.97 Å². The van der Waals surface area contributed by atoms with Gasteiger partial charge in [0.1, 0.15) is 5.82 Å². The van der Waals surface area contributed by atoms with Gasteiger partial charge in [-0.05, 0) is 17.5 Å². The summed E-state index contributed by atoms with van der Waals surface area (Å²) >= 11 is 0. The SMILES string of the molecule is O=C1O[C@H](c2cccc3c(F)cccc23)c2ccccc21. The van der Waals surface area contributed by atoms with E-state index >= 15 is 0 Å². The molecular formula is C18H11FO2. The van der Waals surface area contributed by atoms with Crippen LogP contribution >= 0.6 is 0 Å². The number of carbonyl (C=O) groups excluding carboxylic acids is 1. The van der Waals surface area contributed by atoms with Crippen LogP contribution in [-0.4, -0.2) is 5.97 Å². The molecule has 102 valence electrons. The molecule has 0 spiro atoms. The molecule has 2 nitrogen and oxygen atoms in total. The van der Waals surface area contributed by atoms with Crippen molar-refractivity contribution in [1.29, 1.82) is 0 Å². The zero-order valence-corrected chi connectivity index (χ0v) is 11.0. The molecule has 0 N–H and O–H groups in total. The number of rotatable bonds is 1. The van der Waals surface area contributed by atoms with Crippen molar-refractivity contribution in [1.82, 2.24) is 0 Å². The Morgan fingerprint density at radius 2 is 1.52 bits per heavy atom. The number of hydrogen-bond donors (Lipinski definition) is 0. The molecule has 1 aliphatic heterocycles. The smallest absolute Gasteiger partial charge is 0.339 e. The van der Waals surface area contributed by atoms with Crippen molar-refractivity contribution in [2.75, 3.05) is 0 Å². The van der Waals surface area contributed by atoms with Gasteiger partial charge in [-0.1, -0.05) is 48.5 Å². The first-order valence-electron chi connectivity index (χ1n) is 6.73. The molecule has 4 rings (SSSR count). The van der Waals surface area contributed by atoms with Gasteiger partial charge in [0.15, 0.2) is 6.10 Å². The van der Waals surface area contributed by atoms with E-state index in [0.29, 0.717) is 10.9 Å². The minimum absolute atomic E-state index is 0.271. The summed E-state index contributed by atoms with van der Waals surface area (Å²) in [5, 5.41) is 1.31. The van der Waals surface area contributed by atoms with Gasteiger partial charge in [-0.25, -0.2) is 9.18 Å². The van der Waals surface area contributed by atoms with Crippen LogP contribution in [0.3, 0.4) is 0 Å². The predicted molar refractivity (Wildman–Crippen MR) is 77.6 cm³/mol. The summed E-state index contributed by atoms with van der Waals surface area (Å²) in [5.41, 5.74) is 2.22. The average molecular weight is 278 g/mol. The third kappa shape index (κ3) is 1.74. The standard InChI is InChI=1S/C18H11FO2/c19-16-10-4-7-11-12(16)8-3-9-13(11)17-14-5-1-2-6-15(14)18(20)21-17/h1-10,17H/t17-/m1/s1. The zero-order valence-electron chi connectivity index (χ0n) is 11.0. The largest absolute Gasteiger partial charge is 0.449 e. The molecule has 0 aromatic heterocycles. The lowest BCUT2D eigenvalue weighted by Gasteiger charge is -2.14. The molecule has 0 saturated heterocycles. The summed E-state index contributed by atoms with van der Waals surface area (Å²) in [4.78, 5) is 12.0. The third-order valence-corrected chi connectivity index (χ3v) is 3.87. The first-order chi connectivity index (χ1) is 10.3. The number of cyclic esters (lactones) is 1. The second-order valence-corrected chi connectivity index (χ2v) is 5.05. The Labute approximate surface area is 120 Å². The minimum Gasteiger partial charge on any atom is -0.449 e. The van der Waals surface area contributed by atoms with E-state index in [9.17, 15) is 9.18 Å². The van der Waals surface area contributed by atoms with Gasteiger partial charge in [-0.15, -0.1) is 0 Å². The van der Waals surface area contributed by atoms with Crippen molar-refractivity contribution in [2.24, 2.45) is 0 Å². The van der Waals surface area contributed by atoms with Crippen LogP contribution in [0.5, 0.6) is 0 Å². The molecule has 3 aromatic rings. The molecule has 1 aliphatic rings. The van der Waals surface area contributed by atoms with Crippen LogP contribution in [0.25, 0.3) is 10.8 Å². The molecule has 0 aliphatic carbocycles. The van der Waals surface area contributed by atoms with Gasteiger partial charge in [0.25, 0.3) is 0 Å². The maximum atomic E-state index is 13.9. The van der Waals surface area contributed by atoms with E-state index in [1.54, 1.807) is 24.3 Å². The first kappa shape index (κ1) is 12.1. The van der Waals surface area contributed by atoms with E-state index in [-0.39, 0.29) is 11.8 Å². The van der Waals surface area contributed by atoms with Gasteiger partial charge in [0.2, 0.25) is 0 Å². The van der Waals surface area contributed by atoms with Crippen LogP contribution in [0.1, 0.15) is 27.6 Å². The molecule has 0 saturated carbocycles. The fraction of sp³-hybridized carbons (Fsp3) is 0.0556. The van der Waals surface area contributed by atoms with E-state index in [1.165, 1.54) is 6.07 Å². The number of carbonyl (C=O) groups is 1. The third-order valence-electron chi connectivity index (χ3n) is 3.87. The first-order valence-corrected chi connectivity index (χ1v) is 6.73. The van der Waals surface area contributed by atoms with Crippen molar-refractivity contribution in [3.8, 4) is 0 Å². The Balaban J connectivity index is 1.97. The highest BCUT2D eigenvalue weighted by Crippen LogP contribution is 2.38. The number of esters is 1. The molecule has 21 heavy (non-hydrogen) atoms. The van der Waals surface area contributed by atoms with E-state index < -0.39 is 6.10 Å². The minimum atomic E-state index is -0.473. The van der Waals surface area contributed by atoms with Crippen LogP contribution in [0.15, 0.2) is 60.7 Å². The summed E-state index contributed by atoms with van der Waals surface area (Å²) in [6, 6.07) is 17.7. The molecular weight excluding hydrogens is 267 g/mol. The summed E-state index contributed by atoms with van der Waals surface area (Å²) < 4.78 is 19.4. The van der Waals surface area contributed by atoms with E-state index in [4.69, 9.17) is 4.74 Å². The van der Waals surface area contributed by atoms with E-state index in [1.807, 2.05) is 30.3 Å². The number of hydrogen-bond acceptors (Lipinski definition) is 2. The zero-order chi connectivity index (χ0) is 14.4.